The number of likely N-dealkylation sites (tertiary alicyclic amines) is 1. The molecule has 0 bridgehead atoms. The molecule has 0 spiro atoms. The molecule has 6 rings (SSSR count). The summed E-state index contributed by atoms with van der Waals surface area (Å²) in [5.41, 5.74) is 4.90. The van der Waals surface area contributed by atoms with Crippen LogP contribution in [0, 0.1) is 0 Å². The van der Waals surface area contributed by atoms with E-state index in [0.29, 0.717) is 30.1 Å². The average Bonchev–Trinajstić information content (AvgIpc) is 3.31. The summed E-state index contributed by atoms with van der Waals surface area (Å²) in [5, 5.41) is 6.56. The molecule has 35 heavy (non-hydrogen) atoms. The van der Waals surface area contributed by atoms with Crippen LogP contribution in [-0.2, 0) is 20.8 Å². The first-order chi connectivity index (χ1) is 17.2. The van der Waals surface area contributed by atoms with Gasteiger partial charge in [0.15, 0.2) is 0 Å². The standard InChI is InChI=1S/C26H31N5O3S/c1-33-24-13-18-12-17-4-2-3-5-21(17)31(26(18)34-24)16-30-10-8-19(9-11-30)27-14-20-6-7-22-25(28-20)29-23(32)15-35-22/h2-3,6-7,12-13,19,26-27H,4-5,8-11,14-16H2,1H3,(H,28,29,32). The minimum atomic E-state index is -0.0974. The van der Waals surface area contributed by atoms with Crippen molar-refractivity contribution in [3.63, 3.8) is 0 Å². The molecule has 4 aliphatic heterocycles. The quantitative estimate of drug-likeness (QED) is 0.585. The van der Waals surface area contributed by atoms with Gasteiger partial charge in [-0.15, -0.1) is 11.8 Å². The van der Waals surface area contributed by atoms with Gasteiger partial charge in [-0.3, -0.25) is 9.69 Å². The number of nitrogens with zero attached hydrogens (tertiary/aromatic N) is 3. The Balaban J connectivity index is 1.04. The van der Waals surface area contributed by atoms with E-state index >= 15 is 0 Å². The van der Waals surface area contributed by atoms with Gasteiger partial charge in [-0.1, -0.05) is 12.2 Å². The first kappa shape index (κ1) is 22.7. The van der Waals surface area contributed by atoms with Gasteiger partial charge >= 0.3 is 0 Å². The van der Waals surface area contributed by atoms with Crippen LogP contribution in [0.2, 0.25) is 0 Å². The minimum absolute atomic E-state index is 0.0214. The van der Waals surface area contributed by atoms with Crippen molar-refractivity contribution in [3.05, 3.63) is 64.9 Å². The third-order valence-electron chi connectivity index (χ3n) is 7.20. The van der Waals surface area contributed by atoms with Gasteiger partial charge < -0.3 is 25.0 Å². The van der Waals surface area contributed by atoms with Gasteiger partial charge in [0, 0.05) is 49.4 Å². The number of methoxy groups -OCH3 is 1. The lowest BCUT2D eigenvalue weighted by Gasteiger charge is -2.42. The number of fused-ring (bicyclic) bond motifs is 2. The fourth-order valence-corrected chi connectivity index (χ4v) is 6.09. The van der Waals surface area contributed by atoms with Crippen LogP contribution in [0.25, 0.3) is 0 Å². The van der Waals surface area contributed by atoms with Gasteiger partial charge in [0.1, 0.15) is 5.82 Å². The van der Waals surface area contributed by atoms with E-state index < -0.39 is 0 Å². The van der Waals surface area contributed by atoms with E-state index in [9.17, 15) is 4.79 Å². The highest BCUT2D eigenvalue weighted by molar-refractivity contribution is 8.00. The summed E-state index contributed by atoms with van der Waals surface area (Å²) in [6, 6.07) is 4.58. The minimum Gasteiger partial charge on any atom is -0.469 e. The Kier molecular flexibility index (Phi) is 6.30. The second-order valence-corrected chi connectivity index (χ2v) is 10.5. The number of carbonyl (C=O) groups excluding carboxylic acids is 1. The van der Waals surface area contributed by atoms with Crippen LogP contribution in [0.4, 0.5) is 5.82 Å². The van der Waals surface area contributed by atoms with E-state index in [2.05, 4.69) is 55.8 Å². The number of piperidine rings is 1. The number of allylic oxidation sites excluding steroid dienone is 4. The monoisotopic (exact) mass is 493 g/mol. The van der Waals surface area contributed by atoms with E-state index in [1.165, 1.54) is 16.8 Å². The van der Waals surface area contributed by atoms with Crippen LogP contribution in [0.5, 0.6) is 0 Å². The van der Waals surface area contributed by atoms with Gasteiger partial charge in [0.2, 0.25) is 12.1 Å². The molecular formula is C26H31N5O3S. The number of nitrogens with one attached hydrogen (secondary N) is 2. The third-order valence-corrected chi connectivity index (χ3v) is 8.25. The van der Waals surface area contributed by atoms with E-state index in [4.69, 9.17) is 9.47 Å². The Morgan fingerprint density at radius 2 is 2.09 bits per heavy atom. The second-order valence-electron chi connectivity index (χ2n) is 9.50. The van der Waals surface area contributed by atoms with Crippen LogP contribution in [0.3, 0.4) is 0 Å². The molecular weight excluding hydrogens is 462 g/mol. The molecule has 9 heteroatoms. The summed E-state index contributed by atoms with van der Waals surface area (Å²) in [5.74, 6) is 1.78. The Morgan fingerprint density at radius 3 is 2.94 bits per heavy atom. The summed E-state index contributed by atoms with van der Waals surface area (Å²) in [4.78, 5) is 22.3. The lowest BCUT2D eigenvalue weighted by atomic mass is 9.94. The summed E-state index contributed by atoms with van der Waals surface area (Å²) in [7, 11) is 1.66. The van der Waals surface area contributed by atoms with Crippen molar-refractivity contribution in [1.82, 2.24) is 20.1 Å². The van der Waals surface area contributed by atoms with Crippen LogP contribution < -0.4 is 10.6 Å². The SMILES string of the molecule is COC1=CC2=CC3=C(CC=CC3)N(CN3CCC(NCc4ccc5c(n4)NC(=O)CS5)CC3)C2O1. The van der Waals surface area contributed by atoms with Gasteiger partial charge in [0.05, 0.1) is 30.1 Å². The Labute approximate surface area is 210 Å². The number of hydrogen-bond donors (Lipinski definition) is 2. The van der Waals surface area contributed by atoms with Gasteiger partial charge in [0.25, 0.3) is 5.95 Å². The predicted molar refractivity (Wildman–Crippen MR) is 135 cm³/mol. The molecule has 5 aliphatic rings. The van der Waals surface area contributed by atoms with Crippen molar-refractivity contribution in [1.29, 1.82) is 0 Å². The highest BCUT2D eigenvalue weighted by Gasteiger charge is 2.37. The first-order valence-electron chi connectivity index (χ1n) is 12.3. The highest BCUT2D eigenvalue weighted by Crippen LogP contribution is 2.38. The molecule has 1 aromatic rings. The molecule has 5 heterocycles. The molecule has 0 aromatic carbocycles. The number of aromatic nitrogens is 1. The number of rotatable bonds is 6. The number of thioether (sulfide) groups is 1. The topological polar surface area (TPSA) is 79.0 Å². The molecule has 1 amide bonds. The summed E-state index contributed by atoms with van der Waals surface area (Å²) in [6.45, 7) is 3.64. The predicted octanol–water partition coefficient (Wildman–Crippen LogP) is 3.33. The summed E-state index contributed by atoms with van der Waals surface area (Å²) in [6.07, 6.45) is 12.8. The molecule has 1 unspecified atom stereocenters. The molecule has 0 saturated carbocycles. The van der Waals surface area contributed by atoms with Crippen LogP contribution in [0.15, 0.2) is 64.1 Å². The van der Waals surface area contributed by atoms with Crippen LogP contribution in [0.1, 0.15) is 31.4 Å². The molecule has 2 N–H and O–H groups in total. The van der Waals surface area contributed by atoms with Crippen LogP contribution >= 0.6 is 11.8 Å². The van der Waals surface area contributed by atoms with E-state index in [0.717, 1.165) is 56.0 Å². The zero-order chi connectivity index (χ0) is 23.8. The van der Waals surface area contributed by atoms with Gasteiger partial charge in [-0.25, -0.2) is 4.98 Å². The highest BCUT2D eigenvalue weighted by atomic mass is 32.2. The normalized spacial score (nSPS) is 24.2. The van der Waals surface area contributed by atoms with Crippen molar-refractivity contribution >= 4 is 23.5 Å². The number of hydrogen-bond acceptors (Lipinski definition) is 8. The van der Waals surface area contributed by atoms with E-state index in [-0.39, 0.29) is 12.1 Å². The maximum atomic E-state index is 11.7. The zero-order valence-corrected chi connectivity index (χ0v) is 20.8. The number of carbonyl (C=O) groups is 1. The number of ether oxygens (including phenoxy) is 2. The molecule has 1 aromatic heterocycles. The molecule has 0 radical (unpaired) electrons. The molecule has 1 atom stereocenters. The van der Waals surface area contributed by atoms with Crippen LogP contribution in [-0.4, -0.2) is 65.6 Å². The molecule has 8 nitrogen and oxygen atoms in total. The maximum Gasteiger partial charge on any atom is 0.281 e. The fraction of sp³-hybridized carbons (Fsp3) is 0.462. The first-order valence-corrected chi connectivity index (χ1v) is 13.3. The lowest BCUT2D eigenvalue weighted by Crippen LogP contribution is -2.50. The molecule has 1 saturated heterocycles. The molecule has 1 fully saturated rings. The second kappa shape index (κ2) is 9.72. The Hall–Kier alpha value is -2.75. The largest absolute Gasteiger partial charge is 0.469 e. The number of anilines is 1. The third kappa shape index (κ3) is 4.72. The van der Waals surface area contributed by atoms with Crippen molar-refractivity contribution < 1.29 is 14.3 Å². The lowest BCUT2D eigenvalue weighted by molar-refractivity contribution is -0.113. The van der Waals surface area contributed by atoms with Crippen molar-refractivity contribution in [2.45, 2.75) is 49.4 Å². The van der Waals surface area contributed by atoms with Crippen molar-refractivity contribution in [2.75, 3.05) is 37.9 Å². The fourth-order valence-electron chi connectivity index (χ4n) is 5.33. The van der Waals surface area contributed by atoms with Crippen molar-refractivity contribution in [2.24, 2.45) is 0 Å². The maximum absolute atomic E-state index is 11.7. The number of amides is 1. The smallest absolute Gasteiger partial charge is 0.281 e. The summed E-state index contributed by atoms with van der Waals surface area (Å²) < 4.78 is 11.5. The molecule has 1 aliphatic carbocycles. The van der Waals surface area contributed by atoms with E-state index in [1.807, 2.05) is 6.08 Å². The zero-order valence-electron chi connectivity index (χ0n) is 20.0. The summed E-state index contributed by atoms with van der Waals surface area (Å²) >= 11 is 1.55. The Morgan fingerprint density at radius 1 is 1.23 bits per heavy atom. The average molecular weight is 494 g/mol. The molecule has 184 valence electrons. The van der Waals surface area contributed by atoms with Crippen molar-refractivity contribution in [3.8, 4) is 0 Å². The van der Waals surface area contributed by atoms with Gasteiger partial charge in [-0.2, -0.15) is 0 Å². The number of pyridine rings is 1. The van der Waals surface area contributed by atoms with Gasteiger partial charge in [-0.05, 0) is 43.0 Å². The van der Waals surface area contributed by atoms with E-state index in [1.54, 1.807) is 18.9 Å². The Bertz CT molecular complexity index is 1140.